The van der Waals surface area contributed by atoms with E-state index in [4.69, 9.17) is 4.99 Å². The summed E-state index contributed by atoms with van der Waals surface area (Å²) in [5.74, 6) is 2.08. The van der Waals surface area contributed by atoms with E-state index in [0.717, 1.165) is 57.3 Å². The number of aromatic nitrogens is 1. The van der Waals surface area contributed by atoms with Gasteiger partial charge in [-0.05, 0) is 64.3 Å². The zero-order valence-corrected chi connectivity index (χ0v) is 20.7. The summed E-state index contributed by atoms with van der Waals surface area (Å²) in [4.78, 5) is 14.5. The molecule has 1 unspecified atom stereocenters. The summed E-state index contributed by atoms with van der Waals surface area (Å²) in [7, 11) is 0. The van der Waals surface area contributed by atoms with Crippen LogP contribution in [-0.4, -0.2) is 67.2 Å². The topological polar surface area (TPSA) is 55.8 Å². The van der Waals surface area contributed by atoms with E-state index >= 15 is 0 Å². The first-order valence-electron chi connectivity index (χ1n) is 11.2. The van der Waals surface area contributed by atoms with Crippen molar-refractivity contribution in [3.63, 3.8) is 0 Å². The van der Waals surface area contributed by atoms with E-state index in [1.54, 1.807) is 0 Å². The van der Waals surface area contributed by atoms with Crippen LogP contribution in [0, 0.1) is 6.92 Å². The van der Waals surface area contributed by atoms with Crippen molar-refractivity contribution in [2.45, 2.75) is 65.0 Å². The highest BCUT2D eigenvalue weighted by Crippen LogP contribution is 2.19. The molecule has 1 aromatic heterocycles. The molecule has 7 heteroatoms. The highest BCUT2D eigenvalue weighted by Gasteiger charge is 2.22. The van der Waals surface area contributed by atoms with Crippen molar-refractivity contribution in [3.05, 3.63) is 23.9 Å². The van der Waals surface area contributed by atoms with Crippen molar-refractivity contribution in [3.8, 4) is 0 Å². The lowest BCUT2D eigenvalue weighted by molar-refractivity contribution is 0.161. The third-order valence-corrected chi connectivity index (χ3v) is 6.02. The molecule has 2 N–H and O–H groups in total. The van der Waals surface area contributed by atoms with Gasteiger partial charge in [0.15, 0.2) is 5.96 Å². The molecule has 6 nitrogen and oxygen atoms in total. The lowest BCUT2D eigenvalue weighted by atomic mass is 10.0. The third-order valence-electron chi connectivity index (χ3n) is 6.02. The number of piperidine rings is 2. The van der Waals surface area contributed by atoms with Crippen LogP contribution in [0.1, 0.15) is 51.5 Å². The van der Waals surface area contributed by atoms with Crippen LogP contribution in [0.4, 0.5) is 5.82 Å². The van der Waals surface area contributed by atoms with E-state index in [9.17, 15) is 0 Å². The molecule has 0 bridgehead atoms. The van der Waals surface area contributed by atoms with Crippen LogP contribution in [0.3, 0.4) is 0 Å². The number of nitrogens with zero attached hydrogens (tertiary/aromatic N) is 4. The van der Waals surface area contributed by atoms with Gasteiger partial charge in [0.25, 0.3) is 0 Å². The zero-order valence-electron chi connectivity index (χ0n) is 18.4. The van der Waals surface area contributed by atoms with E-state index in [0.29, 0.717) is 12.1 Å². The second-order valence-electron chi connectivity index (χ2n) is 8.10. The molecule has 0 aromatic carbocycles. The molecule has 2 aliphatic rings. The van der Waals surface area contributed by atoms with Crippen molar-refractivity contribution < 1.29 is 0 Å². The minimum absolute atomic E-state index is 0. The number of guanidine groups is 1. The van der Waals surface area contributed by atoms with Gasteiger partial charge in [-0.2, -0.15) is 0 Å². The first-order chi connectivity index (χ1) is 13.7. The summed E-state index contributed by atoms with van der Waals surface area (Å²) >= 11 is 0. The van der Waals surface area contributed by atoms with Crippen LogP contribution >= 0.6 is 24.0 Å². The molecule has 2 fully saturated rings. The fraction of sp³-hybridized carbons (Fsp3) is 0.727. The van der Waals surface area contributed by atoms with Crippen molar-refractivity contribution in [2.24, 2.45) is 4.99 Å². The van der Waals surface area contributed by atoms with Gasteiger partial charge in [0.05, 0.1) is 6.54 Å². The highest BCUT2D eigenvalue weighted by atomic mass is 127. The fourth-order valence-electron chi connectivity index (χ4n) is 4.29. The average Bonchev–Trinajstić information content (AvgIpc) is 2.73. The van der Waals surface area contributed by atoms with Crippen LogP contribution in [-0.2, 0) is 0 Å². The average molecular weight is 515 g/mol. The van der Waals surface area contributed by atoms with Gasteiger partial charge in [-0.25, -0.2) is 4.98 Å². The molecule has 1 atom stereocenters. The molecule has 3 heterocycles. The Bertz CT molecular complexity index is 612. The van der Waals surface area contributed by atoms with Gasteiger partial charge < -0.3 is 15.5 Å². The summed E-state index contributed by atoms with van der Waals surface area (Å²) < 4.78 is 0. The SMILES string of the molecule is CCNC(=NCC1CCCCN1CC)NC1CCN(c2ccc(C)cn2)CC1.I. The van der Waals surface area contributed by atoms with Crippen molar-refractivity contribution in [1.82, 2.24) is 20.5 Å². The molecule has 164 valence electrons. The minimum Gasteiger partial charge on any atom is -0.357 e. The molecular formula is C22H39IN6. The maximum atomic E-state index is 4.94. The molecule has 1 aromatic rings. The number of pyridine rings is 1. The summed E-state index contributed by atoms with van der Waals surface area (Å²) in [6.45, 7) is 12.7. The molecular weight excluding hydrogens is 475 g/mol. The van der Waals surface area contributed by atoms with E-state index in [2.05, 4.69) is 58.3 Å². The lowest BCUT2D eigenvalue weighted by Gasteiger charge is -2.35. The number of hydrogen-bond acceptors (Lipinski definition) is 4. The fourth-order valence-corrected chi connectivity index (χ4v) is 4.29. The number of anilines is 1. The number of likely N-dealkylation sites (tertiary alicyclic amines) is 1. The van der Waals surface area contributed by atoms with E-state index in [1.807, 2.05) is 6.20 Å². The molecule has 2 aliphatic heterocycles. The van der Waals surface area contributed by atoms with Crippen LogP contribution in [0.15, 0.2) is 23.3 Å². The maximum absolute atomic E-state index is 4.94. The Morgan fingerprint density at radius 1 is 1.14 bits per heavy atom. The number of rotatable bonds is 6. The molecule has 0 saturated carbocycles. The molecule has 29 heavy (non-hydrogen) atoms. The second kappa shape index (κ2) is 12.6. The standard InChI is InChI=1S/C22H38N6.HI/c1-4-23-22(25-17-20-8-6-7-13-27(20)5-2)26-19-11-14-28(15-12-19)21-10-9-18(3)16-24-21;/h9-10,16,19-20H,4-8,11-15,17H2,1-3H3,(H2,23,25,26);1H. The number of nitrogens with one attached hydrogen (secondary N) is 2. The Morgan fingerprint density at radius 2 is 1.93 bits per heavy atom. The largest absolute Gasteiger partial charge is 0.357 e. The molecule has 0 radical (unpaired) electrons. The predicted molar refractivity (Wildman–Crippen MR) is 134 cm³/mol. The molecule has 0 aliphatic carbocycles. The minimum atomic E-state index is 0. The van der Waals surface area contributed by atoms with E-state index in [1.165, 1.54) is 31.4 Å². The van der Waals surface area contributed by atoms with Gasteiger partial charge in [-0.3, -0.25) is 9.89 Å². The first-order valence-corrected chi connectivity index (χ1v) is 11.2. The monoisotopic (exact) mass is 514 g/mol. The number of halogens is 1. The quantitative estimate of drug-likeness (QED) is 0.346. The van der Waals surface area contributed by atoms with Gasteiger partial charge in [0, 0.05) is 37.9 Å². The van der Waals surface area contributed by atoms with Crippen LogP contribution in [0.5, 0.6) is 0 Å². The molecule has 0 spiro atoms. The first kappa shape index (κ1) is 24.2. The number of aliphatic imine (C=N–C) groups is 1. The Kier molecular flexibility index (Phi) is 10.5. The second-order valence-corrected chi connectivity index (χ2v) is 8.10. The van der Waals surface area contributed by atoms with E-state index in [-0.39, 0.29) is 24.0 Å². The normalized spacial score (nSPS) is 21.6. The van der Waals surface area contributed by atoms with Crippen LogP contribution < -0.4 is 15.5 Å². The number of aryl methyl sites for hydroxylation is 1. The Morgan fingerprint density at radius 3 is 2.59 bits per heavy atom. The smallest absolute Gasteiger partial charge is 0.191 e. The lowest BCUT2D eigenvalue weighted by Crippen LogP contribution is -2.49. The highest BCUT2D eigenvalue weighted by molar-refractivity contribution is 14.0. The van der Waals surface area contributed by atoms with E-state index < -0.39 is 0 Å². The zero-order chi connectivity index (χ0) is 19.8. The van der Waals surface area contributed by atoms with Gasteiger partial charge >= 0.3 is 0 Å². The molecule has 3 rings (SSSR count). The maximum Gasteiger partial charge on any atom is 0.191 e. The summed E-state index contributed by atoms with van der Waals surface area (Å²) in [6, 6.07) is 5.36. The third kappa shape index (κ3) is 7.27. The van der Waals surface area contributed by atoms with Gasteiger partial charge in [-0.1, -0.05) is 19.4 Å². The Hall–Kier alpha value is -1.09. The Balaban J connectivity index is 0.00000300. The molecule has 0 amide bonds. The van der Waals surface area contributed by atoms with Gasteiger partial charge in [-0.15, -0.1) is 24.0 Å². The predicted octanol–water partition coefficient (Wildman–Crippen LogP) is 3.41. The van der Waals surface area contributed by atoms with Crippen molar-refractivity contribution in [1.29, 1.82) is 0 Å². The summed E-state index contributed by atoms with van der Waals surface area (Å²) in [6.07, 6.45) is 8.14. The van der Waals surface area contributed by atoms with Crippen LogP contribution in [0.25, 0.3) is 0 Å². The van der Waals surface area contributed by atoms with Gasteiger partial charge in [0.1, 0.15) is 5.82 Å². The van der Waals surface area contributed by atoms with Crippen molar-refractivity contribution in [2.75, 3.05) is 44.2 Å². The van der Waals surface area contributed by atoms with Crippen LogP contribution in [0.2, 0.25) is 0 Å². The number of likely N-dealkylation sites (N-methyl/N-ethyl adjacent to an activating group) is 1. The summed E-state index contributed by atoms with van der Waals surface area (Å²) in [5.41, 5.74) is 1.21. The number of hydrogen-bond donors (Lipinski definition) is 2. The van der Waals surface area contributed by atoms with Gasteiger partial charge in [0.2, 0.25) is 0 Å². The van der Waals surface area contributed by atoms with Crippen molar-refractivity contribution >= 4 is 35.8 Å². The Labute approximate surface area is 194 Å². The summed E-state index contributed by atoms with van der Waals surface area (Å²) in [5, 5.41) is 7.13. The molecule has 2 saturated heterocycles.